The number of aryl methyl sites for hydroxylation is 1. The molecule has 1 N–H and O–H groups in total. The van der Waals surface area contributed by atoms with Crippen LogP contribution in [0.15, 0.2) is 34.9 Å². The Balaban J connectivity index is 1.48. The van der Waals surface area contributed by atoms with Crippen molar-refractivity contribution in [2.75, 3.05) is 30.0 Å². The number of hydrogen-bond donors (Lipinski definition) is 1. The molecule has 1 aromatic heterocycles. The van der Waals surface area contributed by atoms with E-state index in [0.29, 0.717) is 23.6 Å². The zero-order valence-electron chi connectivity index (χ0n) is 18.7. The van der Waals surface area contributed by atoms with Gasteiger partial charge in [-0.3, -0.25) is 14.4 Å². The smallest absolute Gasteiger partial charge is 0.338 e. The van der Waals surface area contributed by atoms with Gasteiger partial charge in [0.05, 0.1) is 18.1 Å². The van der Waals surface area contributed by atoms with E-state index in [4.69, 9.17) is 14.0 Å². The molecule has 2 amide bonds. The van der Waals surface area contributed by atoms with Gasteiger partial charge in [-0.2, -0.15) is 0 Å². The van der Waals surface area contributed by atoms with E-state index in [1.165, 1.54) is 11.0 Å². The number of nitrogens with one attached hydrogen (secondary N) is 1. The molecular formula is C23H27N3O7. The van der Waals surface area contributed by atoms with Gasteiger partial charge in [-0.05, 0) is 37.6 Å². The Labute approximate surface area is 191 Å². The molecule has 2 heterocycles. The molecule has 0 saturated carbocycles. The van der Waals surface area contributed by atoms with E-state index in [-0.39, 0.29) is 24.7 Å². The number of unbranched alkanes of at least 4 members (excludes halogenated alkanes) is 2. The van der Waals surface area contributed by atoms with Gasteiger partial charge in [0.1, 0.15) is 5.76 Å². The van der Waals surface area contributed by atoms with Crippen LogP contribution in [0.1, 0.15) is 48.7 Å². The molecule has 33 heavy (non-hydrogen) atoms. The summed E-state index contributed by atoms with van der Waals surface area (Å²) in [6, 6.07) is 7.99. The number of benzene rings is 1. The van der Waals surface area contributed by atoms with Crippen LogP contribution in [-0.4, -0.2) is 48.7 Å². The lowest BCUT2D eigenvalue weighted by molar-refractivity contribution is -0.151. The third kappa shape index (κ3) is 6.64. The molecule has 1 atom stereocenters. The first kappa shape index (κ1) is 24.0. The SMILES string of the molecule is CCCCCOC(=O)c1ccc(N2C[C@@H](C(=O)OCC(=O)Nc3cc(C)on3)CC2=O)cc1. The summed E-state index contributed by atoms with van der Waals surface area (Å²) >= 11 is 0. The van der Waals surface area contributed by atoms with E-state index in [2.05, 4.69) is 17.4 Å². The van der Waals surface area contributed by atoms with Crippen molar-refractivity contribution in [3.05, 3.63) is 41.7 Å². The molecule has 2 aromatic rings. The first-order chi connectivity index (χ1) is 15.9. The topological polar surface area (TPSA) is 128 Å². The van der Waals surface area contributed by atoms with Crippen molar-refractivity contribution in [1.29, 1.82) is 0 Å². The number of hydrogen-bond acceptors (Lipinski definition) is 8. The molecular weight excluding hydrogens is 430 g/mol. The number of nitrogens with zero attached hydrogens (tertiary/aromatic N) is 2. The summed E-state index contributed by atoms with van der Waals surface area (Å²) < 4.78 is 15.1. The van der Waals surface area contributed by atoms with Crippen LogP contribution in [0, 0.1) is 12.8 Å². The van der Waals surface area contributed by atoms with E-state index in [1.807, 2.05) is 0 Å². The predicted octanol–water partition coefficient (Wildman–Crippen LogP) is 2.86. The standard InChI is InChI=1S/C23H27N3O7/c1-3-4-5-10-31-22(29)16-6-8-18(9-7-16)26-13-17(12-21(26)28)23(30)32-14-20(27)24-19-11-15(2)33-25-19/h6-9,11,17H,3-5,10,12-14H2,1-2H3,(H,24,25,27)/t17-/m0/s1. The first-order valence-corrected chi connectivity index (χ1v) is 10.8. The second-order valence-electron chi connectivity index (χ2n) is 7.77. The Bertz CT molecular complexity index is 1000. The molecule has 1 aliphatic heterocycles. The normalized spacial score (nSPS) is 15.4. The number of amides is 2. The highest BCUT2D eigenvalue weighted by Crippen LogP contribution is 2.26. The zero-order valence-corrected chi connectivity index (χ0v) is 18.7. The average Bonchev–Trinajstić information content (AvgIpc) is 3.40. The maximum atomic E-state index is 12.4. The maximum absolute atomic E-state index is 12.4. The van der Waals surface area contributed by atoms with Gasteiger partial charge in [0.2, 0.25) is 5.91 Å². The lowest BCUT2D eigenvalue weighted by Crippen LogP contribution is -2.28. The molecule has 176 valence electrons. The molecule has 1 fully saturated rings. The summed E-state index contributed by atoms with van der Waals surface area (Å²) in [6.07, 6.45) is 2.84. The van der Waals surface area contributed by atoms with Crippen molar-refractivity contribution >= 4 is 35.3 Å². The van der Waals surface area contributed by atoms with Crippen molar-refractivity contribution in [1.82, 2.24) is 5.16 Å². The third-order valence-electron chi connectivity index (χ3n) is 5.10. The summed E-state index contributed by atoms with van der Waals surface area (Å²) in [5.74, 6) is -1.78. The number of ether oxygens (including phenoxy) is 2. The second kappa shape index (κ2) is 11.3. The van der Waals surface area contributed by atoms with Gasteiger partial charge in [-0.1, -0.05) is 24.9 Å². The summed E-state index contributed by atoms with van der Waals surface area (Å²) in [5, 5.41) is 6.07. The van der Waals surface area contributed by atoms with E-state index >= 15 is 0 Å². The van der Waals surface area contributed by atoms with Gasteiger partial charge in [-0.25, -0.2) is 4.79 Å². The van der Waals surface area contributed by atoms with Gasteiger partial charge in [0.25, 0.3) is 5.91 Å². The number of anilines is 2. The third-order valence-corrected chi connectivity index (χ3v) is 5.10. The van der Waals surface area contributed by atoms with E-state index in [0.717, 1.165) is 19.3 Å². The number of carbonyl (C=O) groups is 4. The van der Waals surface area contributed by atoms with Crippen LogP contribution in [0.4, 0.5) is 11.5 Å². The van der Waals surface area contributed by atoms with Gasteiger partial charge in [0.15, 0.2) is 12.4 Å². The molecule has 0 radical (unpaired) electrons. The summed E-state index contributed by atoms with van der Waals surface area (Å²) in [7, 11) is 0. The van der Waals surface area contributed by atoms with Crippen molar-refractivity contribution in [2.45, 2.75) is 39.5 Å². The van der Waals surface area contributed by atoms with E-state index < -0.39 is 30.4 Å². The van der Waals surface area contributed by atoms with Gasteiger partial charge in [-0.15, -0.1) is 0 Å². The minimum atomic E-state index is -0.692. The van der Waals surface area contributed by atoms with Crippen LogP contribution in [0.25, 0.3) is 0 Å². The van der Waals surface area contributed by atoms with Crippen LogP contribution in [0.3, 0.4) is 0 Å². The van der Waals surface area contributed by atoms with Crippen molar-refractivity contribution in [2.24, 2.45) is 5.92 Å². The second-order valence-corrected chi connectivity index (χ2v) is 7.77. The highest BCUT2D eigenvalue weighted by molar-refractivity contribution is 6.00. The molecule has 0 bridgehead atoms. The largest absolute Gasteiger partial charge is 0.462 e. The van der Waals surface area contributed by atoms with Crippen LogP contribution >= 0.6 is 0 Å². The molecule has 3 rings (SSSR count). The number of aromatic nitrogens is 1. The van der Waals surface area contributed by atoms with Crippen molar-refractivity contribution in [3.63, 3.8) is 0 Å². The molecule has 0 unspecified atom stereocenters. The lowest BCUT2D eigenvalue weighted by atomic mass is 10.1. The minimum Gasteiger partial charge on any atom is -0.462 e. The molecule has 10 heteroatoms. The molecule has 1 aromatic carbocycles. The van der Waals surface area contributed by atoms with Crippen molar-refractivity contribution < 1.29 is 33.2 Å². The molecule has 1 saturated heterocycles. The maximum Gasteiger partial charge on any atom is 0.338 e. The van der Waals surface area contributed by atoms with Crippen LogP contribution in [-0.2, 0) is 23.9 Å². The molecule has 10 nitrogen and oxygen atoms in total. The fraction of sp³-hybridized carbons (Fsp3) is 0.435. The monoisotopic (exact) mass is 457 g/mol. The fourth-order valence-electron chi connectivity index (χ4n) is 3.35. The van der Waals surface area contributed by atoms with Gasteiger partial charge >= 0.3 is 11.9 Å². The van der Waals surface area contributed by atoms with Crippen molar-refractivity contribution in [3.8, 4) is 0 Å². The Morgan fingerprint density at radius 2 is 1.94 bits per heavy atom. The number of carbonyl (C=O) groups excluding carboxylic acids is 4. The molecule has 0 aliphatic carbocycles. The Hall–Kier alpha value is -3.69. The number of esters is 2. The highest BCUT2D eigenvalue weighted by atomic mass is 16.5. The van der Waals surface area contributed by atoms with Crippen LogP contribution in [0.5, 0.6) is 0 Å². The fourth-order valence-corrected chi connectivity index (χ4v) is 3.35. The van der Waals surface area contributed by atoms with E-state index in [1.54, 1.807) is 31.2 Å². The average molecular weight is 457 g/mol. The Kier molecular flexibility index (Phi) is 8.17. The van der Waals surface area contributed by atoms with E-state index in [9.17, 15) is 19.2 Å². The zero-order chi connectivity index (χ0) is 23.8. The predicted molar refractivity (Wildman–Crippen MR) is 118 cm³/mol. The van der Waals surface area contributed by atoms with Gasteiger partial charge in [0, 0.05) is 24.7 Å². The minimum absolute atomic E-state index is 0.0237. The summed E-state index contributed by atoms with van der Waals surface area (Å²) in [6.45, 7) is 3.76. The molecule has 1 aliphatic rings. The summed E-state index contributed by atoms with van der Waals surface area (Å²) in [5.41, 5.74) is 0.961. The Morgan fingerprint density at radius 3 is 2.61 bits per heavy atom. The quantitative estimate of drug-likeness (QED) is 0.426. The summed E-state index contributed by atoms with van der Waals surface area (Å²) in [4.78, 5) is 50.2. The van der Waals surface area contributed by atoms with Crippen LogP contribution in [0.2, 0.25) is 0 Å². The first-order valence-electron chi connectivity index (χ1n) is 10.8. The molecule has 0 spiro atoms. The highest BCUT2D eigenvalue weighted by Gasteiger charge is 2.36. The van der Waals surface area contributed by atoms with Gasteiger partial charge < -0.3 is 24.2 Å². The number of rotatable bonds is 10. The Morgan fingerprint density at radius 1 is 1.18 bits per heavy atom. The van der Waals surface area contributed by atoms with Crippen LogP contribution < -0.4 is 10.2 Å². The lowest BCUT2D eigenvalue weighted by Gasteiger charge is -2.17.